The van der Waals surface area contributed by atoms with Crippen molar-refractivity contribution in [3.05, 3.63) is 89.7 Å². The summed E-state index contributed by atoms with van der Waals surface area (Å²) in [5.74, 6) is 1.99. The van der Waals surface area contributed by atoms with Crippen LogP contribution in [0.25, 0.3) is 21.9 Å². The summed E-state index contributed by atoms with van der Waals surface area (Å²) in [7, 11) is 0. The number of hydrogen-bond acceptors (Lipinski definition) is 10. The summed E-state index contributed by atoms with van der Waals surface area (Å²) >= 11 is 0. The Morgan fingerprint density at radius 2 is 1.60 bits per heavy atom. The highest BCUT2D eigenvalue weighted by molar-refractivity contribution is 6.06. The molecule has 4 aliphatic heterocycles. The van der Waals surface area contributed by atoms with Gasteiger partial charge in [0, 0.05) is 111 Å². The predicted octanol–water partition coefficient (Wildman–Crippen LogP) is 7.25. The number of hydrogen-bond donors (Lipinski definition) is 3. The lowest BCUT2D eigenvalue weighted by Gasteiger charge is -2.40. The predicted molar refractivity (Wildman–Crippen MR) is 228 cm³/mol. The maximum atomic E-state index is 12.4. The van der Waals surface area contributed by atoms with E-state index in [0.29, 0.717) is 31.4 Å². The molecule has 2 aromatic heterocycles. The molecular formula is C45H51N9O3. The molecule has 0 unspecified atom stereocenters. The first-order valence-corrected chi connectivity index (χ1v) is 20.3. The number of ether oxygens (including phenoxy) is 1. The minimum atomic E-state index is -0.336. The van der Waals surface area contributed by atoms with Gasteiger partial charge < -0.3 is 25.2 Å². The second kappa shape index (κ2) is 15.6. The number of carbonyl (C=O) groups excluding carboxylic acids is 2. The summed E-state index contributed by atoms with van der Waals surface area (Å²) in [6.07, 6.45) is 6.57. The average Bonchev–Trinajstić information content (AvgIpc) is 3.22. The van der Waals surface area contributed by atoms with Gasteiger partial charge in [-0.25, -0.2) is 14.8 Å². The van der Waals surface area contributed by atoms with Gasteiger partial charge in [-0.1, -0.05) is 12.1 Å². The molecule has 3 saturated heterocycles. The van der Waals surface area contributed by atoms with Crippen molar-refractivity contribution >= 4 is 57.0 Å². The van der Waals surface area contributed by atoms with Crippen LogP contribution in [0.2, 0.25) is 0 Å². The average molecular weight is 766 g/mol. The summed E-state index contributed by atoms with van der Waals surface area (Å²) < 4.78 is 5.74. The number of aromatic nitrogens is 2. The van der Waals surface area contributed by atoms with Crippen molar-refractivity contribution in [2.45, 2.75) is 40.0 Å². The minimum Gasteiger partial charge on any atom is -0.474 e. The van der Waals surface area contributed by atoms with Gasteiger partial charge in [0.2, 0.25) is 11.8 Å². The maximum Gasteiger partial charge on any atom is 0.328 e. The number of imide groups is 1. The van der Waals surface area contributed by atoms with E-state index in [9.17, 15) is 9.59 Å². The molecule has 3 amide bonds. The Morgan fingerprint density at radius 1 is 0.789 bits per heavy atom. The highest BCUT2D eigenvalue weighted by atomic mass is 16.5. The summed E-state index contributed by atoms with van der Waals surface area (Å²) in [4.78, 5) is 42.6. The zero-order chi connectivity index (χ0) is 39.0. The Balaban J connectivity index is 0.770. The first-order valence-electron chi connectivity index (χ1n) is 20.3. The van der Waals surface area contributed by atoms with E-state index in [1.165, 1.54) is 29.8 Å². The molecule has 5 aromatic rings. The van der Waals surface area contributed by atoms with Gasteiger partial charge in [0.15, 0.2) is 0 Å². The van der Waals surface area contributed by atoms with Gasteiger partial charge in [0.25, 0.3) is 0 Å². The van der Waals surface area contributed by atoms with Crippen LogP contribution in [0.3, 0.4) is 0 Å². The summed E-state index contributed by atoms with van der Waals surface area (Å²) in [6.45, 7) is 15.6. The van der Waals surface area contributed by atoms with Gasteiger partial charge in [-0.05, 0) is 116 Å². The molecule has 0 bridgehead atoms. The molecule has 12 nitrogen and oxygen atoms in total. The fourth-order valence-corrected chi connectivity index (χ4v) is 8.97. The number of benzene rings is 3. The third-order valence-corrected chi connectivity index (χ3v) is 12.2. The van der Waals surface area contributed by atoms with Crippen molar-refractivity contribution in [2.75, 3.05) is 90.8 Å². The topological polar surface area (TPSA) is 118 Å². The smallest absolute Gasteiger partial charge is 0.328 e. The Hall–Kier alpha value is -5.88. The molecule has 12 heteroatoms. The Bertz CT molecular complexity index is 2330. The molecule has 3 aromatic carbocycles. The van der Waals surface area contributed by atoms with Gasteiger partial charge in [-0.15, -0.1) is 0 Å². The van der Waals surface area contributed by atoms with E-state index in [4.69, 9.17) is 9.72 Å². The summed E-state index contributed by atoms with van der Waals surface area (Å²) in [5, 5.41) is 11.7. The van der Waals surface area contributed by atoms with Crippen molar-refractivity contribution < 1.29 is 14.3 Å². The van der Waals surface area contributed by atoms with E-state index in [1.807, 2.05) is 25.4 Å². The van der Waals surface area contributed by atoms with Gasteiger partial charge >= 0.3 is 6.03 Å². The molecular weight excluding hydrogens is 715 g/mol. The van der Waals surface area contributed by atoms with Gasteiger partial charge in [0.1, 0.15) is 18.1 Å². The molecule has 0 radical (unpaired) electrons. The molecule has 294 valence electrons. The van der Waals surface area contributed by atoms with Crippen LogP contribution in [0.4, 0.5) is 39.0 Å². The summed E-state index contributed by atoms with van der Waals surface area (Å²) in [5.41, 5.74) is 11.1. The Labute approximate surface area is 334 Å². The molecule has 4 aliphatic rings. The number of anilines is 6. The van der Waals surface area contributed by atoms with Crippen LogP contribution in [0, 0.1) is 26.7 Å². The molecule has 9 rings (SSSR count). The first kappa shape index (κ1) is 36.7. The molecule has 0 spiro atoms. The van der Waals surface area contributed by atoms with Gasteiger partial charge in [0.05, 0.1) is 0 Å². The lowest BCUT2D eigenvalue weighted by molar-refractivity contribution is -0.120. The fraction of sp³-hybridized carbons (Fsp3) is 0.378. The molecule has 57 heavy (non-hydrogen) atoms. The molecule has 0 aliphatic carbocycles. The maximum absolute atomic E-state index is 12.4. The number of rotatable bonds is 8. The first-order chi connectivity index (χ1) is 27.8. The van der Waals surface area contributed by atoms with Crippen molar-refractivity contribution in [2.24, 2.45) is 5.92 Å². The lowest BCUT2D eigenvalue weighted by Crippen LogP contribution is -2.50. The summed E-state index contributed by atoms with van der Waals surface area (Å²) in [6, 6.07) is 21.3. The molecule has 6 heterocycles. The van der Waals surface area contributed by atoms with E-state index in [1.54, 1.807) is 4.90 Å². The SMILES string of the molecule is Cc1cc(Nc2cc3cc(-c4cnc5c(c4C)NCCO5)ccc3cn2)ccc1N1CCC(CN2CCN(c3ccc(N4CCC(=O)NC4=O)c(C)c3)CC2)CC1. The number of piperidine rings is 1. The van der Waals surface area contributed by atoms with Crippen LogP contribution in [0.15, 0.2) is 73.1 Å². The Kier molecular flexibility index (Phi) is 10.0. The van der Waals surface area contributed by atoms with E-state index in [2.05, 4.69) is 104 Å². The number of urea groups is 1. The number of piperazine rings is 1. The van der Waals surface area contributed by atoms with Crippen LogP contribution in [0.1, 0.15) is 36.0 Å². The van der Waals surface area contributed by atoms with Crippen molar-refractivity contribution in [3.63, 3.8) is 0 Å². The van der Waals surface area contributed by atoms with Crippen molar-refractivity contribution in [3.8, 4) is 17.0 Å². The van der Waals surface area contributed by atoms with Crippen molar-refractivity contribution in [1.29, 1.82) is 0 Å². The van der Waals surface area contributed by atoms with Crippen LogP contribution >= 0.6 is 0 Å². The molecule has 3 fully saturated rings. The quantitative estimate of drug-likeness (QED) is 0.149. The monoisotopic (exact) mass is 765 g/mol. The van der Waals surface area contributed by atoms with Crippen LogP contribution < -0.4 is 35.4 Å². The second-order valence-corrected chi connectivity index (χ2v) is 16.0. The third kappa shape index (κ3) is 7.66. The zero-order valence-corrected chi connectivity index (χ0v) is 33.1. The van der Waals surface area contributed by atoms with E-state index in [-0.39, 0.29) is 11.9 Å². The molecule has 0 saturated carbocycles. The number of aryl methyl sites for hydroxylation is 2. The number of amides is 3. The molecule has 3 N–H and O–H groups in total. The van der Waals surface area contributed by atoms with Crippen molar-refractivity contribution in [1.82, 2.24) is 20.2 Å². The second-order valence-electron chi connectivity index (χ2n) is 16.0. The lowest BCUT2D eigenvalue weighted by atomic mass is 9.95. The van der Waals surface area contributed by atoms with Gasteiger partial charge in [-0.3, -0.25) is 19.9 Å². The highest BCUT2D eigenvalue weighted by Gasteiger charge is 2.28. The third-order valence-electron chi connectivity index (χ3n) is 12.2. The number of fused-ring (bicyclic) bond motifs is 2. The molecule has 0 atom stereocenters. The zero-order valence-electron chi connectivity index (χ0n) is 33.1. The number of pyridine rings is 2. The van der Waals surface area contributed by atoms with Gasteiger partial charge in [-0.2, -0.15) is 0 Å². The van der Waals surface area contributed by atoms with E-state index >= 15 is 0 Å². The van der Waals surface area contributed by atoms with E-state index < -0.39 is 0 Å². The largest absolute Gasteiger partial charge is 0.474 e. The highest BCUT2D eigenvalue weighted by Crippen LogP contribution is 2.37. The number of nitrogens with zero attached hydrogens (tertiary/aromatic N) is 6. The fourth-order valence-electron chi connectivity index (χ4n) is 8.97. The minimum absolute atomic E-state index is 0.209. The number of carbonyl (C=O) groups is 2. The van der Waals surface area contributed by atoms with Crippen LogP contribution in [-0.4, -0.2) is 92.3 Å². The Morgan fingerprint density at radius 3 is 2.39 bits per heavy atom. The number of nitrogens with one attached hydrogen (secondary N) is 3. The van der Waals surface area contributed by atoms with Crippen LogP contribution in [-0.2, 0) is 4.79 Å². The van der Waals surface area contributed by atoms with E-state index in [0.717, 1.165) is 108 Å². The van der Waals surface area contributed by atoms with Crippen LogP contribution in [0.5, 0.6) is 5.88 Å². The normalized spacial score (nSPS) is 17.9. The standard InChI is InChI=1S/C45H51N9O3/c1-29-22-36(49-41-25-35-24-33(4-5-34(35)26-47-41)38-27-48-44-43(31(38)3)46-13-21-57-44)6-8-39(29)53-14-10-32(11-15-53)28-51-17-19-52(20-18-51)37-7-9-40(30(2)23-37)54-16-12-42(55)50-45(54)56/h4-9,22-27,32,46H,10-21,28H2,1-3H3,(H,47,49)(H,50,55,56).